The van der Waals surface area contributed by atoms with E-state index in [4.69, 9.17) is 10.8 Å². The van der Waals surface area contributed by atoms with Gasteiger partial charge in [0.25, 0.3) is 5.91 Å². The Hall–Kier alpha value is -2.04. The number of aliphatic imine (C=N–C) groups is 1. The van der Waals surface area contributed by atoms with E-state index in [0.717, 1.165) is 5.56 Å². The summed E-state index contributed by atoms with van der Waals surface area (Å²) in [6.07, 6.45) is 0.493. The number of guanidine groups is 1. The summed E-state index contributed by atoms with van der Waals surface area (Å²) in [7, 11) is 0. The van der Waals surface area contributed by atoms with Crippen molar-refractivity contribution in [1.82, 2.24) is 5.32 Å². The van der Waals surface area contributed by atoms with Crippen LogP contribution in [0.5, 0.6) is 5.75 Å². The molecule has 1 unspecified atom stereocenters. The zero-order valence-corrected chi connectivity index (χ0v) is 7.97. The summed E-state index contributed by atoms with van der Waals surface area (Å²) in [5.41, 5.74) is 6.31. The molecular weight excluding hydrogens is 194 g/mol. The number of rotatable bonds is 2. The number of nitrogens with two attached hydrogens (primary N) is 1. The molecule has 1 amide bonds. The van der Waals surface area contributed by atoms with Crippen molar-refractivity contribution in [3.63, 3.8) is 0 Å². The van der Waals surface area contributed by atoms with E-state index in [1.807, 2.05) is 0 Å². The Morgan fingerprint density at radius 3 is 2.60 bits per heavy atom. The number of aromatic hydroxyl groups is 1. The van der Waals surface area contributed by atoms with Crippen molar-refractivity contribution >= 4 is 11.9 Å². The zero-order valence-electron chi connectivity index (χ0n) is 7.97. The van der Waals surface area contributed by atoms with Gasteiger partial charge >= 0.3 is 0 Å². The maximum atomic E-state index is 11.3. The second kappa shape index (κ2) is 3.61. The molecule has 1 aliphatic rings. The van der Waals surface area contributed by atoms with Gasteiger partial charge in [-0.05, 0) is 17.7 Å². The van der Waals surface area contributed by atoms with Crippen LogP contribution in [0.1, 0.15) is 5.56 Å². The smallest absolute Gasteiger partial charge is 0.251 e. The molecule has 1 aromatic carbocycles. The van der Waals surface area contributed by atoms with E-state index in [1.54, 1.807) is 24.3 Å². The van der Waals surface area contributed by atoms with Crippen molar-refractivity contribution in [3.8, 4) is 5.75 Å². The molecule has 0 radical (unpaired) electrons. The molecule has 0 bridgehead atoms. The molecule has 0 spiro atoms. The molecule has 0 aliphatic carbocycles. The summed E-state index contributed by atoms with van der Waals surface area (Å²) in [6, 6.07) is 6.22. The van der Waals surface area contributed by atoms with Gasteiger partial charge in [0.05, 0.1) is 0 Å². The lowest BCUT2D eigenvalue weighted by atomic mass is 10.1. The third-order valence-electron chi connectivity index (χ3n) is 2.21. The Labute approximate surface area is 86.6 Å². The number of hydrogen-bond donors (Lipinski definition) is 3. The topological polar surface area (TPSA) is 87.7 Å². The highest BCUT2D eigenvalue weighted by atomic mass is 16.3. The first kappa shape index (κ1) is 9.51. The van der Waals surface area contributed by atoms with E-state index in [2.05, 4.69) is 10.3 Å². The first-order chi connectivity index (χ1) is 7.15. The Bertz CT molecular complexity index is 411. The van der Waals surface area contributed by atoms with Gasteiger partial charge < -0.3 is 10.8 Å². The van der Waals surface area contributed by atoms with Gasteiger partial charge in [-0.15, -0.1) is 0 Å². The number of benzene rings is 1. The molecule has 1 heterocycles. The lowest BCUT2D eigenvalue weighted by molar-refractivity contribution is -0.120. The molecule has 5 heteroatoms. The summed E-state index contributed by atoms with van der Waals surface area (Å²) in [4.78, 5) is 15.3. The number of phenols is 1. The van der Waals surface area contributed by atoms with Crippen molar-refractivity contribution in [3.05, 3.63) is 29.8 Å². The minimum atomic E-state index is -0.449. The molecule has 1 atom stereocenters. The van der Waals surface area contributed by atoms with E-state index >= 15 is 0 Å². The van der Waals surface area contributed by atoms with Crippen LogP contribution < -0.4 is 11.1 Å². The molecule has 5 nitrogen and oxygen atoms in total. The second-order valence-electron chi connectivity index (χ2n) is 3.39. The number of hydrogen-bond acceptors (Lipinski definition) is 4. The molecule has 0 saturated heterocycles. The fourth-order valence-electron chi connectivity index (χ4n) is 1.46. The van der Waals surface area contributed by atoms with Crippen LogP contribution in [-0.4, -0.2) is 23.0 Å². The molecule has 1 aliphatic heterocycles. The first-order valence-corrected chi connectivity index (χ1v) is 4.57. The maximum absolute atomic E-state index is 11.3. The van der Waals surface area contributed by atoms with Gasteiger partial charge in [-0.2, -0.15) is 0 Å². The predicted molar refractivity (Wildman–Crippen MR) is 55.4 cm³/mol. The van der Waals surface area contributed by atoms with Crippen LogP contribution in [0, 0.1) is 0 Å². The van der Waals surface area contributed by atoms with Gasteiger partial charge in [0.1, 0.15) is 11.8 Å². The van der Waals surface area contributed by atoms with E-state index in [9.17, 15) is 4.79 Å². The quantitative estimate of drug-likeness (QED) is 0.622. The van der Waals surface area contributed by atoms with Gasteiger partial charge in [-0.1, -0.05) is 12.1 Å². The fourth-order valence-corrected chi connectivity index (χ4v) is 1.46. The van der Waals surface area contributed by atoms with Gasteiger partial charge in [-0.3, -0.25) is 10.1 Å². The Morgan fingerprint density at radius 2 is 2.07 bits per heavy atom. The standard InChI is InChI=1S/C10H11N3O2/c11-10-12-8(9(15)13-10)5-6-1-3-7(14)4-2-6/h1-4,8,14H,5H2,(H3,11,12,13,15). The summed E-state index contributed by atoms with van der Waals surface area (Å²) < 4.78 is 0. The summed E-state index contributed by atoms with van der Waals surface area (Å²) in [5, 5.41) is 11.5. The van der Waals surface area contributed by atoms with Gasteiger partial charge in [-0.25, -0.2) is 4.99 Å². The van der Waals surface area contributed by atoms with Crippen LogP contribution in [0.2, 0.25) is 0 Å². The summed E-state index contributed by atoms with van der Waals surface area (Å²) in [5.74, 6) is 0.196. The average Bonchev–Trinajstić information content (AvgIpc) is 2.49. The SMILES string of the molecule is NC1=NC(Cc2ccc(O)cc2)C(=O)N1. The molecule has 0 aromatic heterocycles. The average molecular weight is 205 g/mol. The van der Waals surface area contributed by atoms with Crippen LogP contribution in [-0.2, 0) is 11.2 Å². The molecule has 0 fully saturated rings. The van der Waals surface area contributed by atoms with Crippen LogP contribution in [0.3, 0.4) is 0 Å². The molecule has 1 aromatic rings. The molecule has 2 rings (SSSR count). The van der Waals surface area contributed by atoms with E-state index < -0.39 is 6.04 Å². The van der Waals surface area contributed by atoms with E-state index in [-0.39, 0.29) is 17.6 Å². The molecule has 15 heavy (non-hydrogen) atoms. The fraction of sp³-hybridized carbons (Fsp3) is 0.200. The van der Waals surface area contributed by atoms with Crippen LogP contribution in [0.25, 0.3) is 0 Å². The van der Waals surface area contributed by atoms with Crippen molar-refractivity contribution in [1.29, 1.82) is 0 Å². The van der Waals surface area contributed by atoms with Crippen molar-refractivity contribution in [2.45, 2.75) is 12.5 Å². The lowest BCUT2D eigenvalue weighted by Crippen LogP contribution is -2.33. The molecule has 78 valence electrons. The zero-order chi connectivity index (χ0) is 10.8. The lowest BCUT2D eigenvalue weighted by Gasteiger charge is -2.04. The van der Waals surface area contributed by atoms with E-state index in [0.29, 0.717) is 6.42 Å². The summed E-state index contributed by atoms with van der Waals surface area (Å²) in [6.45, 7) is 0. The number of phenolic OH excluding ortho intramolecular Hbond substituents is 1. The largest absolute Gasteiger partial charge is 0.508 e. The Morgan fingerprint density at radius 1 is 1.40 bits per heavy atom. The first-order valence-electron chi connectivity index (χ1n) is 4.57. The van der Waals surface area contributed by atoms with Gasteiger partial charge in [0.2, 0.25) is 0 Å². The van der Waals surface area contributed by atoms with Gasteiger partial charge in [0, 0.05) is 6.42 Å². The van der Waals surface area contributed by atoms with Crippen LogP contribution >= 0.6 is 0 Å². The highest BCUT2D eigenvalue weighted by Gasteiger charge is 2.24. The second-order valence-corrected chi connectivity index (χ2v) is 3.39. The molecule has 4 N–H and O–H groups in total. The number of carbonyl (C=O) groups is 1. The van der Waals surface area contributed by atoms with Crippen molar-refractivity contribution < 1.29 is 9.90 Å². The number of carbonyl (C=O) groups excluding carboxylic acids is 1. The Balaban J connectivity index is 2.09. The normalized spacial score (nSPS) is 19.9. The van der Waals surface area contributed by atoms with Gasteiger partial charge in [0.15, 0.2) is 5.96 Å². The van der Waals surface area contributed by atoms with Crippen LogP contribution in [0.4, 0.5) is 0 Å². The molecule has 0 saturated carbocycles. The molecular formula is C10H11N3O2. The van der Waals surface area contributed by atoms with Crippen molar-refractivity contribution in [2.24, 2.45) is 10.7 Å². The minimum Gasteiger partial charge on any atom is -0.508 e. The number of nitrogens with zero attached hydrogens (tertiary/aromatic N) is 1. The monoisotopic (exact) mass is 205 g/mol. The summed E-state index contributed by atoms with van der Waals surface area (Å²) >= 11 is 0. The van der Waals surface area contributed by atoms with Crippen molar-refractivity contribution in [2.75, 3.05) is 0 Å². The third-order valence-corrected chi connectivity index (χ3v) is 2.21. The highest BCUT2D eigenvalue weighted by molar-refractivity contribution is 6.04. The highest BCUT2D eigenvalue weighted by Crippen LogP contribution is 2.13. The number of amides is 1. The predicted octanol–water partition coefficient (Wildman–Crippen LogP) is -0.252. The minimum absolute atomic E-state index is 0.170. The third kappa shape index (κ3) is 2.07. The van der Waals surface area contributed by atoms with Crippen LogP contribution in [0.15, 0.2) is 29.3 Å². The maximum Gasteiger partial charge on any atom is 0.251 e. The van der Waals surface area contributed by atoms with E-state index in [1.165, 1.54) is 0 Å². The number of nitrogens with one attached hydrogen (secondary N) is 1. The Kier molecular flexibility index (Phi) is 2.29.